The van der Waals surface area contributed by atoms with Gasteiger partial charge in [-0.25, -0.2) is 0 Å². The Hall–Kier alpha value is -2.36. The van der Waals surface area contributed by atoms with Gasteiger partial charge in [-0.3, -0.25) is 9.78 Å². The molecule has 0 saturated carbocycles. The highest BCUT2D eigenvalue weighted by Gasteiger charge is 2.34. The minimum Gasteiger partial charge on any atom is -0.480 e. The molecule has 106 valence electrons. The number of pyridine rings is 1. The van der Waals surface area contributed by atoms with Crippen LogP contribution < -0.4 is 9.64 Å². The molecular formula is C17H16N2O2. The molecule has 2 aliphatic rings. The van der Waals surface area contributed by atoms with Crippen LogP contribution in [0.25, 0.3) is 0 Å². The van der Waals surface area contributed by atoms with Crippen LogP contribution in [0.4, 0.5) is 5.69 Å². The van der Waals surface area contributed by atoms with E-state index < -0.39 is 6.10 Å². The molecule has 3 heterocycles. The van der Waals surface area contributed by atoms with Gasteiger partial charge in [-0.05, 0) is 36.6 Å². The highest BCUT2D eigenvalue weighted by Crippen LogP contribution is 2.31. The van der Waals surface area contributed by atoms with Crippen molar-refractivity contribution in [1.29, 1.82) is 0 Å². The summed E-state index contributed by atoms with van der Waals surface area (Å²) in [4.78, 5) is 19.0. The zero-order valence-electron chi connectivity index (χ0n) is 11.7. The van der Waals surface area contributed by atoms with Gasteiger partial charge < -0.3 is 9.64 Å². The Morgan fingerprint density at radius 3 is 3.05 bits per heavy atom. The van der Waals surface area contributed by atoms with E-state index in [-0.39, 0.29) is 5.91 Å². The summed E-state index contributed by atoms with van der Waals surface area (Å²) < 4.78 is 5.83. The van der Waals surface area contributed by atoms with Gasteiger partial charge in [0.25, 0.3) is 5.91 Å². The average Bonchev–Trinajstić information content (AvgIpc) is 2.97. The Morgan fingerprint density at radius 1 is 1.24 bits per heavy atom. The van der Waals surface area contributed by atoms with Gasteiger partial charge in [0.05, 0.1) is 11.4 Å². The number of benzene rings is 1. The monoisotopic (exact) mass is 280 g/mol. The average molecular weight is 280 g/mol. The molecule has 2 aromatic rings. The van der Waals surface area contributed by atoms with E-state index in [1.807, 2.05) is 41.3 Å². The van der Waals surface area contributed by atoms with Crippen LogP contribution in [-0.2, 0) is 17.6 Å². The SMILES string of the molecule is O=C(C1Cc2ccccc2O1)N1CCCc2ncccc21. The maximum absolute atomic E-state index is 12.8. The van der Waals surface area contributed by atoms with E-state index in [1.165, 1.54) is 0 Å². The molecule has 2 aliphatic heterocycles. The number of anilines is 1. The molecule has 4 rings (SSSR count). The predicted octanol–water partition coefficient (Wildman–Crippen LogP) is 2.36. The predicted molar refractivity (Wildman–Crippen MR) is 79.5 cm³/mol. The fraction of sp³-hybridized carbons (Fsp3) is 0.294. The molecule has 0 saturated heterocycles. The number of aryl methyl sites for hydroxylation is 1. The number of hydrogen-bond acceptors (Lipinski definition) is 3. The van der Waals surface area contributed by atoms with Crippen molar-refractivity contribution in [3.05, 3.63) is 53.9 Å². The maximum Gasteiger partial charge on any atom is 0.268 e. The van der Waals surface area contributed by atoms with E-state index in [2.05, 4.69) is 4.98 Å². The van der Waals surface area contributed by atoms with Crippen molar-refractivity contribution in [2.45, 2.75) is 25.4 Å². The van der Waals surface area contributed by atoms with Crippen LogP contribution in [0.15, 0.2) is 42.6 Å². The molecule has 4 nitrogen and oxygen atoms in total. The molecule has 0 spiro atoms. The third-order valence-corrected chi connectivity index (χ3v) is 4.14. The smallest absolute Gasteiger partial charge is 0.268 e. The lowest BCUT2D eigenvalue weighted by Gasteiger charge is -2.30. The number of para-hydroxylation sites is 1. The molecule has 1 amide bonds. The Kier molecular flexibility index (Phi) is 2.88. The summed E-state index contributed by atoms with van der Waals surface area (Å²) in [5, 5.41) is 0. The lowest BCUT2D eigenvalue weighted by Crippen LogP contribution is -2.44. The topological polar surface area (TPSA) is 42.4 Å². The number of amides is 1. The summed E-state index contributed by atoms with van der Waals surface area (Å²) in [5.74, 6) is 0.874. The first kappa shape index (κ1) is 12.4. The summed E-state index contributed by atoms with van der Waals surface area (Å²) in [6.45, 7) is 0.744. The van der Waals surface area contributed by atoms with Crippen molar-refractivity contribution >= 4 is 11.6 Å². The number of nitrogens with zero attached hydrogens (tertiary/aromatic N) is 2. The van der Waals surface area contributed by atoms with Crippen LogP contribution in [0.2, 0.25) is 0 Å². The van der Waals surface area contributed by atoms with Crippen molar-refractivity contribution in [3.8, 4) is 5.75 Å². The minimum atomic E-state index is -0.409. The number of aromatic nitrogens is 1. The van der Waals surface area contributed by atoms with Gasteiger partial charge in [0.2, 0.25) is 0 Å². The molecule has 0 radical (unpaired) electrons. The Balaban J connectivity index is 1.60. The summed E-state index contributed by atoms with van der Waals surface area (Å²) in [7, 11) is 0. The van der Waals surface area contributed by atoms with Crippen molar-refractivity contribution in [1.82, 2.24) is 4.98 Å². The summed E-state index contributed by atoms with van der Waals surface area (Å²) in [6.07, 6.45) is 3.92. The molecule has 1 unspecified atom stereocenters. The third-order valence-electron chi connectivity index (χ3n) is 4.14. The van der Waals surface area contributed by atoms with Crippen molar-refractivity contribution in [2.24, 2.45) is 0 Å². The Labute approximate surface area is 123 Å². The Bertz CT molecular complexity index is 674. The van der Waals surface area contributed by atoms with Crippen LogP contribution in [0.1, 0.15) is 17.7 Å². The first-order chi connectivity index (χ1) is 10.3. The molecule has 0 N–H and O–H groups in total. The molecule has 1 aromatic carbocycles. The van der Waals surface area contributed by atoms with Gasteiger partial charge in [0.15, 0.2) is 6.10 Å². The number of fused-ring (bicyclic) bond motifs is 2. The summed E-state index contributed by atoms with van der Waals surface area (Å²) in [6, 6.07) is 11.7. The molecular weight excluding hydrogens is 264 g/mol. The summed E-state index contributed by atoms with van der Waals surface area (Å²) >= 11 is 0. The van der Waals surface area contributed by atoms with Crippen LogP contribution in [0, 0.1) is 0 Å². The van der Waals surface area contributed by atoms with Gasteiger partial charge in [0, 0.05) is 19.2 Å². The molecule has 1 aromatic heterocycles. The molecule has 21 heavy (non-hydrogen) atoms. The van der Waals surface area contributed by atoms with Crippen molar-refractivity contribution < 1.29 is 9.53 Å². The lowest BCUT2D eigenvalue weighted by atomic mass is 10.0. The van der Waals surface area contributed by atoms with E-state index in [4.69, 9.17) is 4.74 Å². The van der Waals surface area contributed by atoms with E-state index in [0.717, 1.165) is 42.1 Å². The standard InChI is InChI=1S/C17H16N2O2/c20-17(16-11-12-5-1-2-8-15(12)21-16)19-10-4-6-13-14(19)7-3-9-18-13/h1-3,5,7-9,16H,4,6,10-11H2. The Morgan fingerprint density at radius 2 is 2.14 bits per heavy atom. The van der Waals surface area contributed by atoms with Gasteiger partial charge in [-0.15, -0.1) is 0 Å². The second-order valence-electron chi connectivity index (χ2n) is 5.48. The quantitative estimate of drug-likeness (QED) is 0.805. The molecule has 0 aliphatic carbocycles. The third kappa shape index (κ3) is 2.07. The second kappa shape index (κ2) is 4.88. The normalized spacial score (nSPS) is 19.6. The van der Waals surface area contributed by atoms with Crippen LogP contribution in [0.5, 0.6) is 5.75 Å². The molecule has 4 heteroatoms. The second-order valence-corrected chi connectivity index (χ2v) is 5.48. The molecule has 0 bridgehead atoms. The number of hydrogen-bond donors (Lipinski definition) is 0. The van der Waals surface area contributed by atoms with Gasteiger partial charge in [0.1, 0.15) is 5.75 Å². The zero-order valence-corrected chi connectivity index (χ0v) is 11.7. The zero-order chi connectivity index (χ0) is 14.2. The van der Waals surface area contributed by atoms with Gasteiger partial charge in [-0.2, -0.15) is 0 Å². The van der Waals surface area contributed by atoms with Crippen LogP contribution in [0.3, 0.4) is 0 Å². The van der Waals surface area contributed by atoms with E-state index in [0.29, 0.717) is 6.42 Å². The number of carbonyl (C=O) groups excluding carboxylic acids is 1. The first-order valence-corrected chi connectivity index (χ1v) is 7.33. The molecule has 1 atom stereocenters. The minimum absolute atomic E-state index is 0.0418. The van der Waals surface area contributed by atoms with Gasteiger partial charge in [-0.1, -0.05) is 18.2 Å². The number of ether oxygens (including phenoxy) is 1. The van der Waals surface area contributed by atoms with Crippen LogP contribution >= 0.6 is 0 Å². The first-order valence-electron chi connectivity index (χ1n) is 7.33. The van der Waals surface area contributed by atoms with Gasteiger partial charge >= 0.3 is 0 Å². The molecule has 0 fully saturated rings. The van der Waals surface area contributed by atoms with Crippen LogP contribution in [-0.4, -0.2) is 23.5 Å². The maximum atomic E-state index is 12.8. The largest absolute Gasteiger partial charge is 0.480 e. The fourth-order valence-electron chi connectivity index (χ4n) is 3.12. The number of rotatable bonds is 1. The van der Waals surface area contributed by atoms with Crippen molar-refractivity contribution in [2.75, 3.05) is 11.4 Å². The van der Waals surface area contributed by atoms with E-state index in [9.17, 15) is 4.79 Å². The lowest BCUT2D eigenvalue weighted by molar-refractivity contribution is -0.124. The highest BCUT2D eigenvalue weighted by molar-refractivity contribution is 5.98. The summed E-state index contributed by atoms with van der Waals surface area (Å²) in [5.41, 5.74) is 3.06. The highest BCUT2D eigenvalue weighted by atomic mass is 16.5. The fourth-order valence-corrected chi connectivity index (χ4v) is 3.12. The number of carbonyl (C=O) groups is 1. The van der Waals surface area contributed by atoms with Crippen molar-refractivity contribution in [3.63, 3.8) is 0 Å². The van der Waals surface area contributed by atoms with E-state index >= 15 is 0 Å². The van der Waals surface area contributed by atoms with E-state index in [1.54, 1.807) is 6.20 Å².